The van der Waals surface area contributed by atoms with E-state index in [9.17, 15) is 26.7 Å². The molecule has 2 heterocycles. The third-order valence-corrected chi connectivity index (χ3v) is 10.4. The second-order valence-electron chi connectivity index (χ2n) is 11.3. The predicted octanol–water partition coefficient (Wildman–Crippen LogP) is 2.78. The van der Waals surface area contributed by atoms with Gasteiger partial charge in [-0.2, -0.15) is 0 Å². The summed E-state index contributed by atoms with van der Waals surface area (Å²) in [6.45, 7) is 8.77. The third kappa shape index (κ3) is 8.91. The van der Waals surface area contributed by atoms with Crippen molar-refractivity contribution in [2.24, 2.45) is 5.92 Å². The normalized spacial score (nSPS) is 22.0. The average molecular weight is 645 g/mol. The number of amides is 1. The molecule has 0 unspecified atom stereocenters. The van der Waals surface area contributed by atoms with E-state index >= 15 is 0 Å². The summed E-state index contributed by atoms with van der Waals surface area (Å²) in [6, 6.07) is 3.87. The molecule has 1 aromatic carbocycles. The van der Waals surface area contributed by atoms with Gasteiger partial charge in [-0.3, -0.25) is 9.52 Å². The van der Waals surface area contributed by atoms with E-state index in [1.807, 2.05) is 13.8 Å². The number of aryl methyl sites for hydroxylation is 2. The highest BCUT2D eigenvalue weighted by Gasteiger charge is 2.32. The molecule has 0 bridgehead atoms. The van der Waals surface area contributed by atoms with Crippen LogP contribution >= 0.6 is 0 Å². The molecule has 0 saturated carbocycles. The van der Waals surface area contributed by atoms with Crippen LogP contribution in [0.1, 0.15) is 61.8 Å². The number of fused-ring (bicyclic) bond motifs is 1. The molecule has 1 amide bonds. The van der Waals surface area contributed by atoms with Gasteiger partial charge in [-0.25, -0.2) is 21.1 Å². The van der Waals surface area contributed by atoms with Gasteiger partial charge in [0.1, 0.15) is 11.4 Å². The number of aliphatic hydroxyl groups is 1. The van der Waals surface area contributed by atoms with Crippen LogP contribution in [0.5, 0.6) is 5.75 Å². The number of nitrogens with one attached hydrogen (secondary N) is 1. The number of rotatable bonds is 8. The van der Waals surface area contributed by atoms with Crippen molar-refractivity contribution < 1.29 is 40.7 Å². The van der Waals surface area contributed by atoms with Crippen LogP contribution in [0, 0.1) is 19.8 Å². The van der Waals surface area contributed by atoms with Crippen LogP contribution in [0.15, 0.2) is 27.6 Å². The minimum atomic E-state index is -4.09. The Morgan fingerprint density at radius 3 is 2.49 bits per heavy atom. The van der Waals surface area contributed by atoms with Gasteiger partial charge in [-0.05, 0) is 65.2 Å². The van der Waals surface area contributed by atoms with Crippen molar-refractivity contribution in [3.05, 3.63) is 35.2 Å². The van der Waals surface area contributed by atoms with Crippen molar-refractivity contribution in [2.75, 3.05) is 44.3 Å². The molecule has 0 fully saturated rings. The van der Waals surface area contributed by atoms with Gasteiger partial charge in [0, 0.05) is 38.3 Å². The van der Waals surface area contributed by atoms with Crippen molar-refractivity contribution in [2.45, 2.75) is 77.0 Å². The van der Waals surface area contributed by atoms with Crippen LogP contribution in [-0.2, 0) is 24.8 Å². The lowest BCUT2D eigenvalue weighted by Gasteiger charge is -2.35. The summed E-state index contributed by atoms with van der Waals surface area (Å²) >= 11 is 0. The van der Waals surface area contributed by atoms with Crippen molar-refractivity contribution in [1.29, 1.82) is 0 Å². The van der Waals surface area contributed by atoms with Gasteiger partial charge in [-0.15, -0.1) is 0 Å². The third-order valence-electron chi connectivity index (χ3n) is 7.54. The second kappa shape index (κ2) is 14.4. The maximum Gasteiger partial charge on any atom is 0.267 e. The number of carbonyl (C=O) groups is 1. The summed E-state index contributed by atoms with van der Waals surface area (Å²) in [6.07, 6.45) is 2.50. The first-order valence-electron chi connectivity index (χ1n) is 14.3. The van der Waals surface area contributed by atoms with Gasteiger partial charge in [0.25, 0.3) is 15.9 Å². The van der Waals surface area contributed by atoms with E-state index in [4.69, 9.17) is 14.0 Å². The molecule has 1 aromatic heterocycles. The van der Waals surface area contributed by atoms with E-state index in [-0.39, 0.29) is 65.1 Å². The Morgan fingerprint density at radius 1 is 1.19 bits per heavy atom. The summed E-state index contributed by atoms with van der Waals surface area (Å²) in [5, 5.41) is 13.8. The molecule has 0 spiro atoms. The van der Waals surface area contributed by atoms with Crippen LogP contribution in [0.3, 0.4) is 0 Å². The molecule has 2 aromatic rings. The molecule has 0 radical (unpaired) electrons. The Kier molecular flexibility index (Phi) is 11.6. The highest BCUT2D eigenvalue weighted by molar-refractivity contribution is 7.92. The summed E-state index contributed by atoms with van der Waals surface area (Å²) < 4.78 is 71.8. The zero-order valence-electron chi connectivity index (χ0n) is 25.9. The second-order valence-corrected chi connectivity index (χ2v) is 15.0. The fourth-order valence-electron chi connectivity index (χ4n) is 4.90. The summed E-state index contributed by atoms with van der Waals surface area (Å²) in [7, 11) is -6.08. The molecular formula is C28H44N4O9S2. The smallest absolute Gasteiger partial charge is 0.267 e. The van der Waals surface area contributed by atoms with E-state index in [2.05, 4.69) is 9.88 Å². The van der Waals surface area contributed by atoms with Crippen LogP contribution in [0.4, 0.5) is 5.69 Å². The number of nitrogens with zero attached hydrogens (tertiary/aromatic N) is 3. The van der Waals surface area contributed by atoms with E-state index in [0.29, 0.717) is 13.0 Å². The number of carbonyl (C=O) groups excluding carboxylic acids is 1. The Balaban J connectivity index is 2.04. The van der Waals surface area contributed by atoms with Crippen LogP contribution in [-0.4, -0.2) is 100 Å². The molecule has 2 N–H and O–H groups in total. The number of benzene rings is 1. The van der Waals surface area contributed by atoms with E-state index in [0.717, 1.165) is 19.1 Å². The highest BCUT2D eigenvalue weighted by Crippen LogP contribution is 2.30. The van der Waals surface area contributed by atoms with Crippen molar-refractivity contribution in [3.8, 4) is 5.75 Å². The Labute approximate surface area is 254 Å². The maximum atomic E-state index is 14.2. The fraction of sp³-hybridized carbons (Fsp3) is 0.643. The summed E-state index contributed by atoms with van der Waals surface area (Å²) in [5.74, 6) is -0.398. The van der Waals surface area contributed by atoms with Gasteiger partial charge in [0.2, 0.25) is 10.0 Å². The molecule has 3 rings (SSSR count). The number of hydrogen-bond donors (Lipinski definition) is 2. The van der Waals surface area contributed by atoms with Crippen LogP contribution in [0.2, 0.25) is 0 Å². The molecule has 1 aliphatic rings. The monoisotopic (exact) mass is 644 g/mol. The first kappa shape index (κ1) is 34.8. The number of aliphatic hydroxyl groups excluding tert-OH is 1. The maximum absolute atomic E-state index is 14.2. The molecule has 0 aliphatic carbocycles. The Bertz CT molecular complexity index is 1460. The highest BCUT2D eigenvalue weighted by atomic mass is 32.2. The minimum Gasteiger partial charge on any atom is -0.490 e. The fourth-order valence-corrected chi connectivity index (χ4v) is 6.70. The summed E-state index contributed by atoms with van der Waals surface area (Å²) in [4.78, 5) is 15.6. The Morgan fingerprint density at radius 2 is 1.88 bits per heavy atom. The van der Waals surface area contributed by atoms with Gasteiger partial charge >= 0.3 is 0 Å². The van der Waals surface area contributed by atoms with Gasteiger partial charge in [0.15, 0.2) is 10.7 Å². The lowest BCUT2D eigenvalue weighted by Crippen LogP contribution is -2.47. The van der Waals surface area contributed by atoms with E-state index in [1.54, 1.807) is 13.0 Å². The summed E-state index contributed by atoms with van der Waals surface area (Å²) in [5.41, 5.74) is 0.443. The van der Waals surface area contributed by atoms with Gasteiger partial charge in [0.05, 0.1) is 36.7 Å². The molecule has 13 nitrogen and oxygen atoms in total. The lowest BCUT2D eigenvalue weighted by molar-refractivity contribution is -0.00828. The standard InChI is InChI=1S/C28H44N4O9S2/c1-18-15-32(19(2)17-33)28(34)24-14-23(30-43(37,38)27-21(4)29-41-22(27)5)11-12-25(24)40-20(3)10-8-9-13-39-26(18)16-31(6)42(7,35)36/h11-12,14,18-20,26,30,33H,8-10,13,15-17H2,1-7H3/t18-,19+,20-,26-/m1/s1. The quantitative estimate of drug-likeness (QED) is 0.436. The molecule has 15 heteroatoms. The van der Waals surface area contributed by atoms with Crippen molar-refractivity contribution >= 4 is 31.6 Å². The number of aromatic nitrogens is 1. The van der Waals surface area contributed by atoms with E-state index in [1.165, 1.54) is 42.2 Å². The molecule has 4 atom stereocenters. The lowest BCUT2D eigenvalue weighted by atomic mass is 10.0. The van der Waals surface area contributed by atoms with Gasteiger partial charge < -0.3 is 24.0 Å². The number of hydrogen-bond acceptors (Lipinski definition) is 10. The topological polar surface area (TPSA) is 169 Å². The molecule has 43 heavy (non-hydrogen) atoms. The minimum absolute atomic E-state index is 0.0850. The van der Waals surface area contributed by atoms with Crippen LogP contribution < -0.4 is 9.46 Å². The zero-order valence-corrected chi connectivity index (χ0v) is 27.5. The first-order chi connectivity index (χ1) is 20.0. The molecule has 0 saturated heterocycles. The Hall–Kier alpha value is -2.72. The van der Waals surface area contributed by atoms with Crippen LogP contribution in [0.25, 0.3) is 0 Å². The number of anilines is 1. The number of ether oxygens (including phenoxy) is 2. The predicted molar refractivity (Wildman–Crippen MR) is 161 cm³/mol. The SMILES string of the molecule is Cc1noc(C)c1S(=O)(=O)Nc1ccc2c(c1)C(=O)N([C@@H](C)CO)C[C@@H](C)[C@@H](CN(C)S(C)(=O)=O)OCCCC[C@@H](C)O2. The molecular weight excluding hydrogens is 600 g/mol. The largest absolute Gasteiger partial charge is 0.490 e. The van der Waals surface area contributed by atoms with Gasteiger partial charge in [-0.1, -0.05) is 12.1 Å². The van der Waals surface area contributed by atoms with E-state index < -0.39 is 38.1 Å². The average Bonchev–Trinajstić information content (AvgIpc) is 3.27. The molecule has 1 aliphatic heterocycles. The first-order valence-corrected chi connectivity index (χ1v) is 17.6. The van der Waals surface area contributed by atoms with Crippen molar-refractivity contribution in [3.63, 3.8) is 0 Å². The number of likely N-dealkylation sites (N-methyl/N-ethyl adjacent to an activating group) is 1. The number of sulfonamides is 2. The van der Waals surface area contributed by atoms with Crippen molar-refractivity contribution in [1.82, 2.24) is 14.4 Å². The molecule has 242 valence electrons. The zero-order chi connectivity index (χ0) is 32.1.